The fourth-order valence-electron chi connectivity index (χ4n) is 6.17. The Kier molecular flexibility index (Phi) is 14.3. The smallest absolute Gasteiger partial charge is 0.478 e. The van der Waals surface area contributed by atoms with Crippen LogP contribution in [-0.2, 0) is 18.9 Å². The van der Waals surface area contributed by atoms with Crippen LogP contribution in [0.25, 0.3) is 33.0 Å². The van der Waals surface area contributed by atoms with Gasteiger partial charge in [-0.15, -0.1) is 0 Å². The summed E-state index contributed by atoms with van der Waals surface area (Å²) in [5, 5.41) is 21.2. The van der Waals surface area contributed by atoms with Crippen molar-refractivity contribution in [2.45, 2.75) is 59.8 Å². The molecule has 0 unspecified atom stereocenters. The molecule has 0 amide bonds. The number of benzene rings is 6. The first-order valence-corrected chi connectivity index (χ1v) is 20.4. The highest BCUT2D eigenvalue weighted by atomic mass is 31.2. The molecular weight excluding hydrogens is 755 g/mol. The van der Waals surface area contributed by atoms with Gasteiger partial charge in [0.05, 0.1) is 17.5 Å². The minimum atomic E-state index is -4.28. The normalized spacial score (nSPS) is 11.3. The number of carbonyl (C=O) groups is 3. The molecule has 0 aliphatic heterocycles. The summed E-state index contributed by atoms with van der Waals surface area (Å²) in [5.74, 6) is -1.40. The van der Waals surface area contributed by atoms with Gasteiger partial charge < -0.3 is 19.3 Å². The minimum Gasteiger partial charge on any atom is -0.478 e. The van der Waals surface area contributed by atoms with Gasteiger partial charge in [-0.1, -0.05) is 143 Å². The Labute approximate surface area is 338 Å². The number of hydrogen-bond donors (Lipinski definition) is 2. The van der Waals surface area contributed by atoms with Crippen LogP contribution in [0.4, 0.5) is 0 Å². The van der Waals surface area contributed by atoms with Crippen LogP contribution in [0, 0.1) is 5.92 Å². The fourth-order valence-corrected chi connectivity index (χ4v) is 7.20. The van der Waals surface area contributed by atoms with Crippen molar-refractivity contribution in [3.8, 4) is 33.8 Å². The van der Waals surface area contributed by atoms with Gasteiger partial charge in [-0.05, 0) is 98.3 Å². The molecule has 6 aromatic rings. The molecule has 11 heteroatoms. The van der Waals surface area contributed by atoms with Crippen molar-refractivity contribution in [3.05, 3.63) is 156 Å². The van der Waals surface area contributed by atoms with Crippen LogP contribution < -0.4 is 9.05 Å². The van der Waals surface area contributed by atoms with Crippen LogP contribution >= 0.6 is 7.82 Å². The molecule has 0 radical (unpaired) electrons. The third-order valence-corrected chi connectivity index (χ3v) is 10.3. The molecule has 0 saturated heterocycles. The van der Waals surface area contributed by atoms with Gasteiger partial charge in [0.2, 0.25) is 0 Å². The van der Waals surface area contributed by atoms with Crippen molar-refractivity contribution >= 4 is 36.5 Å². The van der Waals surface area contributed by atoms with Crippen molar-refractivity contribution in [1.29, 1.82) is 0 Å². The molecule has 0 saturated carbocycles. The van der Waals surface area contributed by atoms with Gasteiger partial charge in [-0.2, -0.15) is 0 Å². The molecule has 6 rings (SSSR count). The molecule has 2 N–H and O–H groups in total. The third kappa shape index (κ3) is 11.0. The van der Waals surface area contributed by atoms with Crippen molar-refractivity contribution in [1.82, 2.24) is 0 Å². The van der Waals surface area contributed by atoms with Gasteiger partial charge in [-0.3, -0.25) is 4.89 Å². The summed E-state index contributed by atoms with van der Waals surface area (Å²) < 4.78 is 29.2. The summed E-state index contributed by atoms with van der Waals surface area (Å²) in [7, 11) is -4.28. The zero-order chi connectivity index (χ0) is 42.0. The highest BCUT2D eigenvalue weighted by molar-refractivity contribution is 7.49. The Hall–Kier alpha value is -6.22. The first kappa shape index (κ1) is 42.9. The average molecular weight is 803 g/mol. The number of fused-ring (bicyclic) bond motifs is 1. The molecule has 0 aliphatic rings. The largest absolute Gasteiger partial charge is 0.625 e. The second-order valence-electron chi connectivity index (χ2n) is 14.6. The standard InChI is InChI=1S/C24H16O4.C23H31O6P/c25-23(26)20-11-5-3-9-17(20)19-14-13-15-7-1-2-8-16(15)22(19)18-10-4-6-12-21(18)24(27)28;1-16(2)15-23(24)26-29-30(25,27-21-11-7-19(8-12-21)17(3)4)28-22-13-9-20(10-14-22)18(5)6/h1-14H,(H,25,26)(H,27,28);7-14,16-18H,15H2,1-6H3. The van der Waals surface area contributed by atoms with Crippen LogP contribution in [0.2, 0.25) is 0 Å². The lowest BCUT2D eigenvalue weighted by Gasteiger charge is -2.18. The molecule has 300 valence electrons. The lowest BCUT2D eigenvalue weighted by molar-refractivity contribution is -0.221. The fraction of sp³-hybridized carbons (Fsp3) is 0.213. The van der Waals surface area contributed by atoms with Crippen LogP contribution in [0.3, 0.4) is 0 Å². The van der Waals surface area contributed by atoms with E-state index in [-0.39, 0.29) is 35.0 Å². The van der Waals surface area contributed by atoms with E-state index >= 15 is 0 Å². The molecule has 0 aromatic heterocycles. The number of phosphoric acid groups is 1. The van der Waals surface area contributed by atoms with E-state index in [0.29, 0.717) is 34.1 Å². The van der Waals surface area contributed by atoms with Crippen LogP contribution in [0.1, 0.15) is 91.6 Å². The Morgan fingerprint density at radius 3 is 1.52 bits per heavy atom. The molecular formula is C47H47O10P. The van der Waals surface area contributed by atoms with E-state index < -0.39 is 25.7 Å². The molecule has 0 atom stereocenters. The highest BCUT2D eigenvalue weighted by Crippen LogP contribution is 2.50. The number of carboxylic acid groups (broad SMARTS) is 2. The van der Waals surface area contributed by atoms with E-state index in [0.717, 1.165) is 21.9 Å². The zero-order valence-electron chi connectivity index (χ0n) is 33.2. The number of carbonyl (C=O) groups excluding carboxylic acids is 1. The molecule has 58 heavy (non-hydrogen) atoms. The van der Waals surface area contributed by atoms with Gasteiger partial charge >= 0.3 is 25.7 Å². The summed E-state index contributed by atoms with van der Waals surface area (Å²) in [4.78, 5) is 40.2. The van der Waals surface area contributed by atoms with E-state index in [4.69, 9.17) is 18.6 Å². The van der Waals surface area contributed by atoms with Crippen molar-refractivity contribution in [3.63, 3.8) is 0 Å². The second-order valence-corrected chi connectivity index (χ2v) is 16.0. The summed E-state index contributed by atoms with van der Waals surface area (Å²) in [6, 6.07) is 39.2. The second kappa shape index (κ2) is 19.3. The zero-order valence-corrected chi connectivity index (χ0v) is 34.1. The maximum absolute atomic E-state index is 13.2. The number of carboxylic acids is 2. The molecule has 0 aliphatic carbocycles. The first-order valence-electron chi connectivity index (χ1n) is 18.9. The maximum Gasteiger partial charge on any atom is 0.625 e. The molecule has 0 spiro atoms. The Morgan fingerprint density at radius 2 is 1.02 bits per heavy atom. The maximum atomic E-state index is 13.2. The molecule has 0 fully saturated rings. The van der Waals surface area contributed by atoms with Crippen molar-refractivity contribution in [2.24, 2.45) is 5.92 Å². The van der Waals surface area contributed by atoms with Crippen molar-refractivity contribution < 1.29 is 47.8 Å². The van der Waals surface area contributed by atoms with Gasteiger partial charge in [0.25, 0.3) is 0 Å². The highest BCUT2D eigenvalue weighted by Gasteiger charge is 2.35. The number of rotatable bonds is 14. The Bertz CT molecular complexity index is 2360. The predicted molar refractivity (Wildman–Crippen MR) is 225 cm³/mol. The lowest BCUT2D eigenvalue weighted by Crippen LogP contribution is -2.12. The Morgan fingerprint density at radius 1 is 0.552 bits per heavy atom. The van der Waals surface area contributed by atoms with Gasteiger partial charge in [-0.25, -0.2) is 18.9 Å². The summed E-state index contributed by atoms with van der Waals surface area (Å²) in [5.41, 5.74) is 5.06. The van der Waals surface area contributed by atoms with Crippen molar-refractivity contribution in [2.75, 3.05) is 0 Å². The molecule has 10 nitrogen and oxygen atoms in total. The van der Waals surface area contributed by atoms with E-state index in [2.05, 4.69) is 27.7 Å². The van der Waals surface area contributed by atoms with E-state index in [9.17, 15) is 29.2 Å². The monoisotopic (exact) mass is 802 g/mol. The Balaban J connectivity index is 0.000000221. The van der Waals surface area contributed by atoms with Crippen LogP contribution in [0.15, 0.2) is 133 Å². The summed E-state index contributed by atoms with van der Waals surface area (Å²) in [6.45, 7) is 12.0. The number of aromatic carboxylic acids is 2. The quantitative estimate of drug-likeness (QED) is 0.0620. The molecule has 0 bridgehead atoms. The number of phosphoric ester groups is 1. The predicted octanol–water partition coefficient (Wildman–Crippen LogP) is 12.6. The van der Waals surface area contributed by atoms with Gasteiger partial charge in [0.1, 0.15) is 11.5 Å². The van der Waals surface area contributed by atoms with E-state index in [1.165, 1.54) is 0 Å². The van der Waals surface area contributed by atoms with Gasteiger partial charge in [0.15, 0.2) is 0 Å². The molecule has 6 aromatic carbocycles. The van der Waals surface area contributed by atoms with Gasteiger partial charge in [0, 0.05) is 0 Å². The first-order chi connectivity index (χ1) is 27.7. The van der Waals surface area contributed by atoms with Crippen LogP contribution in [-0.4, -0.2) is 28.1 Å². The average Bonchev–Trinajstić information content (AvgIpc) is 3.20. The molecule has 0 heterocycles. The van der Waals surface area contributed by atoms with E-state index in [1.807, 2.05) is 74.5 Å². The van der Waals surface area contributed by atoms with E-state index in [1.54, 1.807) is 72.8 Å². The number of hydrogen-bond acceptors (Lipinski definition) is 8. The lowest BCUT2D eigenvalue weighted by atomic mass is 9.86. The summed E-state index contributed by atoms with van der Waals surface area (Å²) in [6.07, 6.45) is 0.117. The summed E-state index contributed by atoms with van der Waals surface area (Å²) >= 11 is 0. The SMILES string of the molecule is CC(C)CC(=O)OOP(=O)(Oc1ccc(C(C)C)cc1)Oc1ccc(C(C)C)cc1.O=C(O)c1ccccc1-c1ccc2ccccc2c1-c1ccccc1C(=O)O. The van der Waals surface area contributed by atoms with Crippen LogP contribution in [0.5, 0.6) is 11.5 Å². The topological polar surface area (TPSA) is 146 Å². The third-order valence-electron chi connectivity index (χ3n) is 9.13. The minimum absolute atomic E-state index is 0.0643.